The fourth-order valence-electron chi connectivity index (χ4n) is 4.06. The van der Waals surface area contributed by atoms with Crippen LogP contribution in [0.4, 0.5) is 0 Å². The second-order valence-electron chi connectivity index (χ2n) is 8.02. The molecule has 0 spiro atoms. The third-order valence-corrected chi connectivity index (χ3v) is 5.68. The molecule has 1 N–H and O–H groups in total. The normalized spacial score (nSPS) is 17.4. The number of carbonyl (C=O) groups excluding carboxylic acids is 2. The van der Waals surface area contributed by atoms with Crippen molar-refractivity contribution in [3.05, 3.63) is 101 Å². The number of aryl methyl sites for hydroxylation is 1. The first-order chi connectivity index (χ1) is 16.0. The summed E-state index contributed by atoms with van der Waals surface area (Å²) in [6.07, 6.45) is 4.18. The minimum Gasteiger partial charge on any atom is -0.507 e. The van der Waals surface area contributed by atoms with Crippen LogP contribution in [-0.2, 0) is 16.1 Å². The van der Waals surface area contributed by atoms with Crippen LogP contribution >= 0.6 is 0 Å². The summed E-state index contributed by atoms with van der Waals surface area (Å²) < 4.78 is 5.68. The van der Waals surface area contributed by atoms with Gasteiger partial charge in [0.05, 0.1) is 18.2 Å². The molecule has 0 aliphatic carbocycles. The lowest BCUT2D eigenvalue weighted by Crippen LogP contribution is -2.29. The number of rotatable bonds is 7. The zero-order chi connectivity index (χ0) is 23.4. The number of ketones is 1. The maximum Gasteiger partial charge on any atom is 0.295 e. The largest absolute Gasteiger partial charge is 0.507 e. The van der Waals surface area contributed by atoms with E-state index in [0.717, 1.165) is 23.1 Å². The molecule has 1 fully saturated rings. The predicted molar refractivity (Wildman–Crippen MR) is 125 cm³/mol. The average Bonchev–Trinajstić information content (AvgIpc) is 3.08. The van der Waals surface area contributed by atoms with Crippen molar-refractivity contribution < 1.29 is 19.4 Å². The summed E-state index contributed by atoms with van der Waals surface area (Å²) in [7, 11) is 0. The van der Waals surface area contributed by atoms with E-state index >= 15 is 0 Å². The number of aromatic nitrogens is 1. The van der Waals surface area contributed by atoms with Crippen molar-refractivity contribution in [1.82, 2.24) is 9.88 Å². The summed E-state index contributed by atoms with van der Waals surface area (Å²) in [5.41, 5.74) is 3.02. The van der Waals surface area contributed by atoms with Gasteiger partial charge in [-0.05, 0) is 48.2 Å². The second-order valence-corrected chi connectivity index (χ2v) is 8.02. The van der Waals surface area contributed by atoms with Gasteiger partial charge in [0.2, 0.25) is 0 Å². The van der Waals surface area contributed by atoms with Gasteiger partial charge in [-0.3, -0.25) is 14.6 Å². The highest BCUT2D eigenvalue weighted by atomic mass is 16.5. The number of carbonyl (C=O) groups is 2. The molecule has 4 rings (SSSR count). The van der Waals surface area contributed by atoms with Crippen molar-refractivity contribution in [2.45, 2.75) is 32.9 Å². The minimum absolute atomic E-state index is 0.0748. The van der Waals surface area contributed by atoms with Crippen molar-refractivity contribution in [3.63, 3.8) is 0 Å². The highest BCUT2D eigenvalue weighted by Gasteiger charge is 2.46. The van der Waals surface area contributed by atoms with Gasteiger partial charge in [-0.1, -0.05) is 49.4 Å². The average molecular weight is 443 g/mol. The predicted octanol–water partition coefficient (Wildman–Crippen LogP) is 4.80. The first kappa shape index (κ1) is 22.3. The highest BCUT2D eigenvalue weighted by Crippen LogP contribution is 2.41. The Kier molecular flexibility index (Phi) is 6.54. The molecule has 0 radical (unpaired) electrons. The Bertz CT molecular complexity index is 1200. The van der Waals surface area contributed by atoms with Crippen LogP contribution in [0.5, 0.6) is 5.75 Å². The zero-order valence-corrected chi connectivity index (χ0v) is 18.7. The Balaban J connectivity index is 1.84. The first-order valence-electron chi connectivity index (χ1n) is 11.0. The number of nitrogens with zero attached hydrogens (tertiary/aromatic N) is 2. The van der Waals surface area contributed by atoms with E-state index in [1.54, 1.807) is 42.7 Å². The van der Waals surface area contributed by atoms with Crippen molar-refractivity contribution >= 4 is 17.4 Å². The van der Waals surface area contributed by atoms with E-state index in [0.29, 0.717) is 17.9 Å². The molecule has 1 amide bonds. The standard InChI is InChI=1S/C27H26N2O4/c1-3-14-33-21-11-6-10-20(15-21)25(30)23-24(22-12-5-4-8-18(22)2)29(27(32)26(23)31)17-19-9-7-13-28-16-19/h4-13,15-16,24,30H,3,14,17H2,1-2H3/b25-23+. The first-order valence-corrected chi connectivity index (χ1v) is 11.0. The van der Waals surface area contributed by atoms with Gasteiger partial charge in [0.25, 0.3) is 11.7 Å². The molecule has 2 heterocycles. The van der Waals surface area contributed by atoms with Crippen LogP contribution in [0.25, 0.3) is 5.76 Å². The SMILES string of the molecule is CCCOc1cccc(/C(O)=C2\C(=O)C(=O)N(Cc3cccnc3)C2c2ccccc2C)c1. The summed E-state index contributed by atoms with van der Waals surface area (Å²) >= 11 is 0. The molecule has 1 aromatic heterocycles. The number of aliphatic hydroxyl groups is 1. The zero-order valence-electron chi connectivity index (χ0n) is 18.7. The molecule has 1 aliphatic rings. The Morgan fingerprint density at radius 3 is 2.64 bits per heavy atom. The summed E-state index contributed by atoms with van der Waals surface area (Å²) in [6, 6.07) is 17.5. The van der Waals surface area contributed by atoms with E-state index in [1.807, 2.05) is 44.2 Å². The quantitative estimate of drug-likeness (QED) is 0.323. The van der Waals surface area contributed by atoms with Gasteiger partial charge in [0.15, 0.2) is 0 Å². The highest BCUT2D eigenvalue weighted by molar-refractivity contribution is 6.46. The maximum atomic E-state index is 13.2. The summed E-state index contributed by atoms with van der Waals surface area (Å²) in [4.78, 5) is 32.0. The van der Waals surface area contributed by atoms with Crippen LogP contribution < -0.4 is 4.74 Å². The van der Waals surface area contributed by atoms with Crippen molar-refractivity contribution in [1.29, 1.82) is 0 Å². The molecule has 1 unspecified atom stereocenters. The number of benzene rings is 2. The van der Waals surface area contributed by atoms with Gasteiger partial charge >= 0.3 is 0 Å². The number of hydrogen-bond acceptors (Lipinski definition) is 5. The molecule has 6 nitrogen and oxygen atoms in total. The molecular weight excluding hydrogens is 416 g/mol. The van der Waals surface area contributed by atoms with E-state index in [2.05, 4.69) is 4.98 Å². The van der Waals surface area contributed by atoms with Crippen molar-refractivity contribution in [3.8, 4) is 5.75 Å². The van der Waals surface area contributed by atoms with Gasteiger partial charge in [0.1, 0.15) is 11.5 Å². The van der Waals surface area contributed by atoms with Crippen LogP contribution in [0.15, 0.2) is 78.6 Å². The third-order valence-electron chi connectivity index (χ3n) is 5.68. The van der Waals surface area contributed by atoms with Crippen molar-refractivity contribution in [2.24, 2.45) is 0 Å². The molecule has 33 heavy (non-hydrogen) atoms. The summed E-state index contributed by atoms with van der Waals surface area (Å²) in [5.74, 6) is -0.966. The fraction of sp³-hybridized carbons (Fsp3) is 0.222. The number of likely N-dealkylation sites (tertiary alicyclic amines) is 1. The maximum absolute atomic E-state index is 13.2. The van der Waals surface area contributed by atoms with Gasteiger partial charge in [-0.15, -0.1) is 0 Å². The Labute approximate surface area is 193 Å². The van der Waals surface area contributed by atoms with Crippen LogP contribution in [0.1, 0.15) is 41.6 Å². The Hall–Kier alpha value is -3.93. The van der Waals surface area contributed by atoms with Crippen LogP contribution in [0, 0.1) is 6.92 Å². The lowest BCUT2D eigenvalue weighted by atomic mass is 9.92. The van der Waals surface area contributed by atoms with E-state index in [9.17, 15) is 14.7 Å². The summed E-state index contributed by atoms with van der Waals surface area (Å²) in [6.45, 7) is 4.69. The lowest BCUT2D eigenvalue weighted by Gasteiger charge is -2.26. The van der Waals surface area contributed by atoms with Gasteiger partial charge in [-0.25, -0.2) is 0 Å². The monoisotopic (exact) mass is 442 g/mol. The van der Waals surface area contributed by atoms with Crippen LogP contribution in [0.3, 0.4) is 0 Å². The number of aliphatic hydroxyl groups excluding tert-OH is 1. The fourth-order valence-corrected chi connectivity index (χ4v) is 4.06. The number of amides is 1. The molecule has 1 aliphatic heterocycles. The van der Waals surface area contributed by atoms with Crippen LogP contribution in [0.2, 0.25) is 0 Å². The van der Waals surface area contributed by atoms with E-state index in [1.165, 1.54) is 4.90 Å². The van der Waals surface area contributed by atoms with Crippen LogP contribution in [-0.4, -0.2) is 33.3 Å². The minimum atomic E-state index is -0.716. The molecule has 3 aromatic rings. The van der Waals surface area contributed by atoms with Crippen molar-refractivity contribution in [2.75, 3.05) is 6.61 Å². The smallest absolute Gasteiger partial charge is 0.295 e. The van der Waals surface area contributed by atoms with Gasteiger partial charge < -0.3 is 14.7 Å². The number of pyridine rings is 1. The van der Waals surface area contributed by atoms with E-state index in [-0.39, 0.29) is 17.9 Å². The van der Waals surface area contributed by atoms with E-state index in [4.69, 9.17) is 4.74 Å². The molecule has 2 aromatic carbocycles. The third kappa shape index (κ3) is 4.51. The number of Topliss-reactive ketones (excluding diaryl/α,β-unsaturated/α-hetero) is 1. The van der Waals surface area contributed by atoms with Gasteiger partial charge in [-0.2, -0.15) is 0 Å². The molecule has 1 atom stereocenters. The topological polar surface area (TPSA) is 79.7 Å². The second kappa shape index (κ2) is 9.69. The molecule has 6 heteroatoms. The Morgan fingerprint density at radius 2 is 1.91 bits per heavy atom. The molecule has 168 valence electrons. The molecular formula is C27H26N2O4. The molecule has 1 saturated heterocycles. The number of ether oxygens (including phenoxy) is 1. The summed E-state index contributed by atoms with van der Waals surface area (Å²) in [5, 5.41) is 11.3. The van der Waals surface area contributed by atoms with E-state index < -0.39 is 17.7 Å². The Morgan fingerprint density at radius 1 is 1.09 bits per heavy atom. The van der Waals surface area contributed by atoms with Gasteiger partial charge in [0, 0.05) is 24.5 Å². The molecule has 0 bridgehead atoms. The lowest BCUT2D eigenvalue weighted by molar-refractivity contribution is -0.140. The number of hydrogen-bond donors (Lipinski definition) is 1. The molecule has 0 saturated carbocycles.